The highest BCUT2D eigenvalue weighted by molar-refractivity contribution is 9.10. The molecule has 2 heterocycles. The number of hydrogen-bond acceptors (Lipinski definition) is 5. The third-order valence-corrected chi connectivity index (χ3v) is 2.47. The van der Waals surface area contributed by atoms with Crippen LogP contribution in [0.2, 0.25) is 0 Å². The van der Waals surface area contributed by atoms with Gasteiger partial charge in [0, 0.05) is 12.3 Å². The molecule has 0 amide bonds. The second-order valence-electron chi connectivity index (χ2n) is 2.88. The Bertz CT molecular complexity index is 526. The molecule has 0 fully saturated rings. The molecule has 0 saturated carbocycles. The molecule has 6 nitrogen and oxygen atoms in total. The Hall–Kier alpha value is -1.76. The van der Waals surface area contributed by atoms with Crippen LogP contribution in [0.15, 0.2) is 23.1 Å². The van der Waals surface area contributed by atoms with E-state index >= 15 is 0 Å². The third kappa shape index (κ3) is 1.94. The Labute approximate surface area is 99.2 Å². The van der Waals surface area contributed by atoms with Crippen LogP contribution in [0.25, 0.3) is 11.4 Å². The van der Waals surface area contributed by atoms with Crippen molar-refractivity contribution in [3.05, 3.63) is 28.8 Å². The Kier molecular flexibility index (Phi) is 2.95. The first-order valence-corrected chi connectivity index (χ1v) is 5.11. The highest BCUT2D eigenvalue weighted by Crippen LogP contribution is 2.23. The average Bonchev–Trinajstić information content (AvgIpc) is 2.78. The first-order valence-electron chi connectivity index (χ1n) is 4.32. The minimum Gasteiger partial charge on any atom is -0.464 e. The van der Waals surface area contributed by atoms with Gasteiger partial charge >= 0.3 is 5.97 Å². The maximum atomic E-state index is 11.2. The summed E-state index contributed by atoms with van der Waals surface area (Å²) in [6.45, 7) is 0. The fourth-order valence-corrected chi connectivity index (χ4v) is 1.58. The number of carbonyl (C=O) groups excluding carboxylic acids is 1. The fraction of sp³-hybridized carbons (Fsp3) is 0.111. The molecule has 0 aliphatic heterocycles. The average molecular weight is 283 g/mol. The van der Waals surface area contributed by atoms with Crippen LogP contribution >= 0.6 is 15.9 Å². The molecule has 2 aromatic rings. The van der Waals surface area contributed by atoms with Gasteiger partial charge in [-0.05, 0) is 15.9 Å². The van der Waals surface area contributed by atoms with Gasteiger partial charge in [0.2, 0.25) is 0 Å². The lowest BCUT2D eigenvalue weighted by molar-refractivity contribution is 0.0594. The Balaban J connectivity index is 2.39. The number of nitrogens with one attached hydrogen (secondary N) is 1. The first kappa shape index (κ1) is 10.7. The van der Waals surface area contributed by atoms with E-state index in [1.165, 1.54) is 13.4 Å². The van der Waals surface area contributed by atoms with Crippen molar-refractivity contribution in [2.24, 2.45) is 0 Å². The maximum absolute atomic E-state index is 11.2. The SMILES string of the molecule is COC(=O)c1cc(-c2ncncc2Br)n[nH]1. The van der Waals surface area contributed by atoms with Crippen molar-refractivity contribution in [3.8, 4) is 11.4 Å². The first-order chi connectivity index (χ1) is 7.72. The van der Waals surface area contributed by atoms with Gasteiger partial charge in [0.15, 0.2) is 0 Å². The molecule has 0 spiro atoms. The van der Waals surface area contributed by atoms with Crippen molar-refractivity contribution in [1.29, 1.82) is 0 Å². The van der Waals surface area contributed by atoms with Gasteiger partial charge < -0.3 is 4.74 Å². The van der Waals surface area contributed by atoms with E-state index in [9.17, 15) is 4.79 Å². The number of H-pyrrole nitrogens is 1. The molecule has 82 valence electrons. The molecular weight excluding hydrogens is 276 g/mol. The number of aromatic amines is 1. The van der Waals surface area contributed by atoms with Crippen LogP contribution in [0.5, 0.6) is 0 Å². The van der Waals surface area contributed by atoms with Crippen LogP contribution in [-0.4, -0.2) is 33.2 Å². The number of carbonyl (C=O) groups is 1. The predicted molar refractivity (Wildman–Crippen MR) is 58.7 cm³/mol. The summed E-state index contributed by atoms with van der Waals surface area (Å²) in [6, 6.07) is 1.57. The van der Waals surface area contributed by atoms with E-state index in [1.807, 2.05) is 0 Å². The normalized spacial score (nSPS) is 10.1. The van der Waals surface area contributed by atoms with Crippen LogP contribution in [0.4, 0.5) is 0 Å². The Morgan fingerprint density at radius 2 is 2.38 bits per heavy atom. The summed E-state index contributed by atoms with van der Waals surface area (Å²) in [5.74, 6) is -0.469. The molecule has 0 bridgehead atoms. The van der Waals surface area contributed by atoms with E-state index in [0.29, 0.717) is 15.9 Å². The molecule has 0 aliphatic carbocycles. The number of aromatic nitrogens is 4. The van der Waals surface area contributed by atoms with Gasteiger partial charge in [-0.3, -0.25) is 5.10 Å². The van der Waals surface area contributed by atoms with E-state index in [1.54, 1.807) is 12.3 Å². The second kappa shape index (κ2) is 4.40. The fourth-order valence-electron chi connectivity index (χ4n) is 1.16. The predicted octanol–water partition coefficient (Wildman–Crippen LogP) is 1.42. The molecule has 0 aromatic carbocycles. The minimum absolute atomic E-state index is 0.281. The van der Waals surface area contributed by atoms with E-state index in [4.69, 9.17) is 0 Å². The van der Waals surface area contributed by atoms with E-state index in [2.05, 4.69) is 40.8 Å². The number of esters is 1. The van der Waals surface area contributed by atoms with Gasteiger partial charge in [-0.25, -0.2) is 14.8 Å². The van der Waals surface area contributed by atoms with Crippen LogP contribution in [0.3, 0.4) is 0 Å². The van der Waals surface area contributed by atoms with Crippen LogP contribution in [0.1, 0.15) is 10.5 Å². The smallest absolute Gasteiger partial charge is 0.356 e. The molecule has 0 aliphatic rings. The van der Waals surface area contributed by atoms with Crippen molar-refractivity contribution in [2.75, 3.05) is 7.11 Å². The van der Waals surface area contributed by atoms with Crippen LogP contribution < -0.4 is 0 Å². The molecule has 16 heavy (non-hydrogen) atoms. The number of rotatable bonds is 2. The molecule has 7 heteroatoms. The Morgan fingerprint density at radius 3 is 3.06 bits per heavy atom. The van der Waals surface area contributed by atoms with Crippen molar-refractivity contribution in [3.63, 3.8) is 0 Å². The summed E-state index contributed by atoms with van der Waals surface area (Å²) in [4.78, 5) is 19.1. The van der Waals surface area contributed by atoms with Crippen molar-refractivity contribution < 1.29 is 9.53 Å². The zero-order valence-corrected chi connectivity index (χ0v) is 9.85. The minimum atomic E-state index is -0.469. The monoisotopic (exact) mass is 282 g/mol. The third-order valence-electron chi connectivity index (χ3n) is 1.89. The summed E-state index contributed by atoms with van der Waals surface area (Å²) in [5.41, 5.74) is 1.44. The topological polar surface area (TPSA) is 80.8 Å². The van der Waals surface area contributed by atoms with Crippen molar-refractivity contribution in [2.45, 2.75) is 0 Å². The van der Waals surface area contributed by atoms with Gasteiger partial charge in [-0.2, -0.15) is 5.10 Å². The lowest BCUT2D eigenvalue weighted by Gasteiger charge is -1.96. The van der Waals surface area contributed by atoms with Crippen molar-refractivity contribution >= 4 is 21.9 Å². The number of hydrogen-bond donors (Lipinski definition) is 1. The lowest BCUT2D eigenvalue weighted by Crippen LogP contribution is -2.00. The molecular formula is C9H7BrN4O2. The quantitative estimate of drug-likeness (QED) is 0.843. The van der Waals surface area contributed by atoms with Gasteiger partial charge in [-0.15, -0.1) is 0 Å². The summed E-state index contributed by atoms with van der Waals surface area (Å²) in [7, 11) is 1.31. The highest BCUT2D eigenvalue weighted by Gasteiger charge is 2.13. The van der Waals surface area contributed by atoms with E-state index in [-0.39, 0.29) is 5.69 Å². The largest absolute Gasteiger partial charge is 0.464 e. The van der Waals surface area contributed by atoms with Crippen LogP contribution in [-0.2, 0) is 4.74 Å². The lowest BCUT2D eigenvalue weighted by atomic mass is 10.3. The van der Waals surface area contributed by atoms with Crippen molar-refractivity contribution in [1.82, 2.24) is 20.2 Å². The molecule has 0 saturated heterocycles. The second-order valence-corrected chi connectivity index (χ2v) is 3.73. The molecule has 0 atom stereocenters. The molecule has 0 unspecified atom stereocenters. The summed E-state index contributed by atoms with van der Waals surface area (Å²) in [6.07, 6.45) is 3.02. The number of ether oxygens (including phenoxy) is 1. The summed E-state index contributed by atoms with van der Waals surface area (Å²) < 4.78 is 5.27. The van der Waals surface area contributed by atoms with E-state index in [0.717, 1.165) is 0 Å². The maximum Gasteiger partial charge on any atom is 0.356 e. The van der Waals surface area contributed by atoms with E-state index < -0.39 is 5.97 Å². The van der Waals surface area contributed by atoms with Gasteiger partial charge in [-0.1, -0.05) is 0 Å². The zero-order chi connectivity index (χ0) is 11.5. The Morgan fingerprint density at radius 1 is 1.56 bits per heavy atom. The molecule has 1 N–H and O–H groups in total. The van der Waals surface area contributed by atoms with Gasteiger partial charge in [0.05, 0.1) is 11.6 Å². The molecule has 0 radical (unpaired) electrons. The number of nitrogens with zero attached hydrogens (tertiary/aromatic N) is 3. The standard InChI is InChI=1S/C9H7BrN4O2/c1-16-9(15)7-2-6(13-14-7)8-5(10)3-11-4-12-8/h2-4H,1H3,(H,13,14). The van der Waals surface area contributed by atoms with Gasteiger partial charge in [0.1, 0.15) is 23.4 Å². The summed E-state index contributed by atoms with van der Waals surface area (Å²) in [5, 5.41) is 6.55. The van der Waals surface area contributed by atoms with Crippen LogP contribution in [0, 0.1) is 0 Å². The van der Waals surface area contributed by atoms with Gasteiger partial charge in [0.25, 0.3) is 0 Å². The number of methoxy groups -OCH3 is 1. The zero-order valence-electron chi connectivity index (χ0n) is 8.27. The molecule has 2 rings (SSSR count). The highest BCUT2D eigenvalue weighted by atomic mass is 79.9. The molecule has 2 aromatic heterocycles. The summed E-state index contributed by atoms with van der Waals surface area (Å²) >= 11 is 3.30. The number of halogens is 1.